The molecule has 0 saturated heterocycles. The summed E-state index contributed by atoms with van der Waals surface area (Å²) < 4.78 is 0. The summed E-state index contributed by atoms with van der Waals surface area (Å²) >= 11 is 5.36. The fraction of sp³-hybridized carbons (Fsp3) is 0. The lowest BCUT2D eigenvalue weighted by Gasteiger charge is -1.88. The van der Waals surface area contributed by atoms with Crippen molar-refractivity contribution in [3.63, 3.8) is 0 Å². The van der Waals surface area contributed by atoms with Crippen molar-refractivity contribution < 1.29 is 0 Å². The summed E-state index contributed by atoms with van der Waals surface area (Å²) in [5.41, 5.74) is -0.339. The highest BCUT2D eigenvalue weighted by Crippen LogP contribution is 1.92. The zero-order chi connectivity index (χ0) is 6.85. The molecule has 1 N–H and O–H groups in total. The maximum atomic E-state index is 10.5. The monoisotopic (exact) mass is 140 g/mol. The summed E-state index contributed by atoms with van der Waals surface area (Å²) in [6.07, 6.45) is 0. The molecule has 0 bridgehead atoms. The molecule has 0 aliphatic heterocycles. The average molecular weight is 140 g/mol. The van der Waals surface area contributed by atoms with Crippen LogP contribution in [-0.4, -0.2) is 18.0 Å². The van der Waals surface area contributed by atoms with Gasteiger partial charge in [0, 0.05) is 0 Å². The van der Waals surface area contributed by atoms with Gasteiger partial charge in [-0.05, 0) is 11.5 Å². The first kappa shape index (κ1) is 6.36. The zero-order valence-corrected chi connectivity index (χ0v) is 5.14. The Morgan fingerprint density at radius 2 is 2.44 bits per heavy atom. The first-order chi connectivity index (χ1) is 4.20. The van der Waals surface area contributed by atoms with Crippen LogP contribution in [0.2, 0.25) is 5.15 Å². The van der Waals surface area contributed by atoms with Crippen LogP contribution in [0.4, 0.5) is 0 Å². The molecular formula is C4H2BClN2O. The number of hydrogen-bond donors (Lipinski definition) is 1. The molecule has 0 atom stereocenters. The summed E-state index contributed by atoms with van der Waals surface area (Å²) in [6, 6.07) is 1.29. The van der Waals surface area contributed by atoms with Crippen LogP contribution in [0.1, 0.15) is 0 Å². The second-order valence-corrected chi connectivity index (χ2v) is 1.86. The summed E-state index contributed by atoms with van der Waals surface area (Å²) in [5, 5.41) is 5.68. The van der Waals surface area contributed by atoms with E-state index in [-0.39, 0.29) is 10.6 Å². The highest BCUT2D eigenvalue weighted by molar-refractivity contribution is 6.35. The third-order valence-corrected chi connectivity index (χ3v) is 0.995. The summed E-state index contributed by atoms with van der Waals surface area (Å²) in [7, 11) is 5.15. The second kappa shape index (κ2) is 2.23. The first-order valence-corrected chi connectivity index (χ1v) is 2.58. The van der Waals surface area contributed by atoms with Crippen molar-refractivity contribution in [2.75, 3.05) is 0 Å². The van der Waals surface area contributed by atoms with Gasteiger partial charge in [-0.3, -0.25) is 4.79 Å². The Morgan fingerprint density at radius 3 is 2.89 bits per heavy atom. The van der Waals surface area contributed by atoms with Crippen molar-refractivity contribution in [1.29, 1.82) is 0 Å². The number of aromatic nitrogens is 2. The number of nitrogens with one attached hydrogen (secondary N) is 1. The molecule has 44 valence electrons. The zero-order valence-electron chi connectivity index (χ0n) is 4.39. The minimum absolute atomic E-state index is 0.0787. The fourth-order valence-electron chi connectivity index (χ4n) is 0.395. The standard InChI is InChI=1S/C4H2BClN2O/c5-2-1-3(6)7-8-4(2)9/h1H,(H,8,9). The molecule has 9 heavy (non-hydrogen) atoms. The Hall–Kier alpha value is -0.765. The topological polar surface area (TPSA) is 45.8 Å². The maximum absolute atomic E-state index is 10.5. The number of nitrogens with zero attached hydrogens (tertiary/aromatic N) is 1. The lowest BCUT2D eigenvalue weighted by Crippen LogP contribution is -2.27. The number of H-pyrrole nitrogens is 1. The molecule has 1 aromatic heterocycles. The molecule has 0 aliphatic carbocycles. The highest BCUT2D eigenvalue weighted by Gasteiger charge is 1.91. The van der Waals surface area contributed by atoms with Gasteiger partial charge in [-0.15, -0.1) is 0 Å². The maximum Gasteiger partial charge on any atom is 0.257 e. The van der Waals surface area contributed by atoms with Crippen molar-refractivity contribution in [3.8, 4) is 0 Å². The van der Waals surface area contributed by atoms with Crippen LogP contribution in [0.15, 0.2) is 10.9 Å². The smallest absolute Gasteiger partial charge is 0.257 e. The molecule has 5 heteroatoms. The SMILES string of the molecule is [B]c1cc(Cl)n[nH]c1=O. The van der Waals surface area contributed by atoms with Crippen LogP contribution >= 0.6 is 11.6 Å². The number of rotatable bonds is 0. The molecule has 3 nitrogen and oxygen atoms in total. The Labute approximate surface area is 57.5 Å². The van der Waals surface area contributed by atoms with E-state index in [0.717, 1.165) is 0 Å². The normalized spacial score (nSPS) is 9.44. The lowest BCUT2D eigenvalue weighted by atomic mass is 10.00. The minimum atomic E-state index is -0.417. The Bertz CT molecular complexity index is 272. The third kappa shape index (κ3) is 1.32. The van der Waals surface area contributed by atoms with Crippen LogP contribution in [-0.2, 0) is 0 Å². The van der Waals surface area contributed by atoms with Gasteiger partial charge in [0.2, 0.25) is 0 Å². The first-order valence-electron chi connectivity index (χ1n) is 2.21. The summed E-state index contributed by atoms with van der Waals surface area (Å²) in [6.45, 7) is 0. The van der Waals surface area contributed by atoms with Gasteiger partial charge in [0.05, 0.1) is 0 Å². The van der Waals surface area contributed by atoms with E-state index in [1.165, 1.54) is 6.07 Å². The van der Waals surface area contributed by atoms with E-state index in [9.17, 15) is 4.79 Å². The quantitative estimate of drug-likeness (QED) is 0.480. The predicted molar refractivity (Wildman–Crippen MR) is 35.3 cm³/mol. The Kier molecular flexibility index (Phi) is 1.57. The van der Waals surface area contributed by atoms with Crippen LogP contribution in [0, 0.1) is 0 Å². The van der Waals surface area contributed by atoms with Crippen molar-refractivity contribution in [3.05, 3.63) is 21.6 Å². The van der Waals surface area contributed by atoms with Crippen LogP contribution in [0.3, 0.4) is 0 Å². The van der Waals surface area contributed by atoms with E-state index in [2.05, 4.69) is 10.2 Å². The van der Waals surface area contributed by atoms with Gasteiger partial charge in [0.25, 0.3) is 5.56 Å². The van der Waals surface area contributed by atoms with Gasteiger partial charge < -0.3 is 0 Å². The van der Waals surface area contributed by atoms with Gasteiger partial charge in [0.1, 0.15) is 13.0 Å². The molecule has 0 aliphatic rings. The second-order valence-electron chi connectivity index (χ2n) is 1.48. The van der Waals surface area contributed by atoms with Gasteiger partial charge in [-0.25, -0.2) is 5.10 Å². The Morgan fingerprint density at radius 1 is 1.78 bits per heavy atom. The minimum Gasteiger partial charge on any atom is -0.269 e. The molecule has 0 spiro atoms. The molecule has 0 saturated carbocycles. The van der Waals surface area contributed by atoms with Gasteiger partial charge in [-0.2, -0.15) is 5.10 Å². The lowest BCUT2D eigenvalue weighted by molar-refractivity contribution is 1.000. The van der Waals surface area contributed by atoms with E-state index in [1.807, 2.05) is 0 Å². The molecule has 1 rings (SSSR count). The van der Waals surface area contributed by atoms with Crippen LogP contribution in [0.25, 0.3) is 0 Å². The molecule has 0 fully saturated rings. The molecule has 0 aromatic carbocycles. The average Bonchev–Trinajstić information content (AvgIpc) is 1.80. The number of hydrogen-bond acceptors (Lipinski definition) is 2. The Balaban J connectivity index is 3.34. The van der Waals surface area contributed by atoms with Crippen LogP contribution < -0.4 is 11.0 Å². The molecule has 1 aromatic rings. The van der Waals surface area contributed by atoms with Crippen molar-refractivity contribution in [2.45, 2.75) is 0 Å². The van der Waals surface area contributed by atoms with Gasteiger partial charge in [-0.1, -0.05) is 11.6 Å². The number of aromatic amines is 1. The van der Waals surface area contributed by atoms with E-state index in [1.54, 1.807) is 0 Å². The van der Waals surface area contributed by atoms with E-state index in [4.69, 9.17) is 19.4 Å². The van der Waals surface area contributed by atoms with E-state index in [0.29, 0.717) is 0 Å². The van der Waals surface area contributed by atoms with Crippen molar-refractivity contribution >= 4 is 24.9 Å². The molecular weight excluding hydrogens is 138 g/mol. The van der Waals surface area contributed by atoms with E-state index < -0.39 is 5.56 Å². The largest absolute Gasteiger partial charge is 0.269 e. The molecule has 0 unspecified atom stereocenters. The van der Waals surface area contributed by atoms with Gasteiger partial charge in [0.15, 0.2) is 0 Å². The third-order valence-electron chi connectivity index (χ3n) is 0.801. The van der Waals surface area contributed by atoms with Crippen LogP contribution in [0.5, 0.6) is 0 Å². The van der Waals surface area contributed by atoms with Crippen molar-refractivity contribution in [2.24, 2.45) is 0 Å². The van der Waals surface area contributed by atoms with E-state index >= 15 is 0 Å². The summed E-state index contributed by atoms with van der Waals surface area (Å²) in [5.74, 6) is 0. The molecule has 1 heterocycles. The highest BCUT2D eigenvalue weighted by atomic mass is 35.5. The molecule has 0 amide bonds. The fourth-order valence-corrected chi connectivity index (χ4v) is 0.555. The van der Waals surface area contributed by atoms with Crippen molar-refractivity contribution in [1.82, 2.24) is 10.2 Å². The van der Waals surface area contributed by atoms with Gasteiger partial charge >= 0.3 is 0 Å². The predicted octanol–water partition coefficient (Wildman–Crippen LogP) is -0.783. The summed E-state index contributed by atoms with van der Waals surface area (Å²) in [4.78, 5) is 10.5. The number of halogens is 1. The molecule has 2 radical (unpaired) electrons.